The van der Waals surface area contributed by atoms with E-state index in [1.54, 1.807) is 11.3 Å². The summed E-state index contributed by atoms with van der Waals surface area (Å²) in [5.41, 5.74) is 9.35. The van der Waals surface area contributed by atoms with Crippen LogP contribution in [-0.2, 0) is 6.54 Å². The number of nitrogens with one attached hydrogen (secondary N) is 1. The molecule has 15 heavy (non-hydrogen) atoms. The number of thiazole rings is 1. The van der Waals surface area contributed by atoms with Crippen LogP contribution in [0.1, 0.15) is 37.8 Å². The zero-order valence-electron chi connectivity index (χ0n) is 9.04. The van der Waals surface area contributed by atoms with E-state index in [9.17, 15) is 0 Å². The third kappa shape index (κ3) is 3.26. The van der Waals surface area contributed by atoms with E-state index in [0.717, 1.165) is 31.6 Å². The van der Waals surface area contributed by atoms with E-state index < -0.39 is 0 Å². The Bertz CT molecular complexity index is 278. The van der Waals surface area contributed by atoms with Gasteiger partial charge in [0.15, 0.2) is 0 Å². The lowest BCUT2D eigenvalue weighted by Gasteiger charge is -2.33. The number of rotatable bonds is 4. The Kier molecular flexibility index (Phi) is 3.72. The summed E-state index contributed by atoms with van der Waals surface area (Å²) in [5, 5.41) is 5.50. The molecule has 0 aromatic carbocycles. The zero-order valence-corrected chi connectivity index (χ0v) is 9.85. The van der Waals surface area contributed by atoms with Crippen molar-refractivity contribution in [3.63, 3.8) is 0 Å². The quantitative estimate of drug-likeness (QED) is 0.823. The summed E-state index contributed by atoms with van der Waals surface area (Å²) in [6, 6.07) is 0. The Labute approximate surface area is 95.1 Å². The van der Waals surface area contributed by atoms with Crippen LogP contribution in [0.2, 0.25) is 0 Å². The highest BCUT2D eigenvalue weighted by Gasteiger charge is 2.26. The van der Waals surface area contributed by atoms with E-state index in [1.165, 1.54) is 19.3 Å². The van der Waals surface area contributed by atoms with Crippen molar-refractivity contribution in [3.8, 4) is 0 Å². The number of hydrogen-bond acceptors (Lipinski definition) is 4. The molecule has 1 fully saturated rings. The van der Waals surface area contributed by atoms with Gasteiger partial charge in [0.05, 0.1) is 11.2 Å². The van der Waals surface area contributed by atoms with Gasteiger partial charge in [0, 0.05) is 24.0 Å². The molecule has 1 saturated carbocycles. The van der Waals surface area contributed by atoms with Crippen LogP contribution in [0.4, 0.5) is 0 Å². The van der Waals surface area contributed by atoms with Crippen LogP contribution in [0.3, 0.4) is 0 Å². The topological polar surface area (TPSA) is 50.9 Å². The lowest BCUT2D eigenvalue weighted by atomic mass is 9.82. The van der Waals surface area contributed by atoms with E-state index in [-0.39, 0.29) is 5.54 Å². The molecule has 0 amide bonds. The first-order valence-corrected chi connectivity index (χ1v) is 6.59. The Morgan fingerprint density at radius 2 is 2.20 bits per heavy atom. The second-order valence-electron chi connectivity index (χ2n) is 4.51. The number of hydrogen-bond donors (Lipinski definition) is 2. The Balaban J connectivity index is 1.72. The minimum Gasteiger partial charge on any atom is -0.324 e. The van der Waals surface area contributed by atoms with Crippen LogP contribution < -0.4 is 11.1 Å². The third-order valence-corrected chi connectivity index (χ3v) is 3.75. The fourth-order valence-corrected chi connectivity index (χ4v) is 2.76. The van der Waals surface area contributed by atoms with Crippen molar-refractivity contribution >= 4 is 11.3 Å². The molecule has 0 saturated heterocycles. The van der Waals surface area contributed by atoms with Crippen LogP contribution in [0.5, 0.6) is 0 Å². The standard InChI is InChI=1S/C11H19N3S/c12-11(4-2-1-3-5-11)8-13-6-10-7-15-9-14-10/h7,9,13H,1-6,8,12H2. The van der Waals surface area contributed by atoms with E-state index in [1.807, 2.05) is 5.51 Å². The monoisotopic (exact) mass is 225 g/mol. The van der Waals surface area contributed by atoms with Gasteiger partial charge in [-0.3, -0.25) is 0 Å². The zero-order chi connectivity index (χ0) is 10.6. The Hall–Kier alpha value is -0.450. The molecule has 0 aliphatic heterocycles. The van der Waals surface area contributed by atoms with Gasteiger partial charge in [-0.1, -0.05) is 19.3 Å². The smallest absolute Gasteiger partial charge is 0.0795 e. The molecule has 1 aliphatic carbocycles. The molecule has 3 N–H and O–H groups in total. The van der Waals surface area contributed by atoms with E-state index in [4.69, 9.17) is 5.73 Å². The molecule has 1 heterocycles. The minimum atomic E-state index is 0.0360. The molecule has 4 heteroatoms. The number of nitrogens with zero attached hydrogens (tertiary/aromatic N) is 1. The molecular formula is C11H19N3S. The van der Waals surface area contributed by atoms with Gasteiger partial charge in [0.1, 0.15) is 0 Å². The molecule has 0 atom stereocenters. The van der Waals surface area contributed by atoms with Crippen molar-refractivity contribution in [1.29, 1.82) is 0 Å². The fourth-order valence-electron chi connectivity index (χ4n) is 2.20. The van der Waals surface area contributed by atoms with Crippen LogP contribution in [0.15, 0.2) is 10.9 Å². The molecule has 1 aliphatic rings. The van der Waals surface area contributed by atoms with Crippen LogP contribution in [0.25, 0.3) is 0 Å². The van der Waals surface area contributed by atoms with E-state index in [2.05, 4.69) is 15.7 Å². The second-order valence-corrected chi connectivity index (χ2v) is 5.23. The van der Waals surface area contributed by atoms with Gasteiger partial charge in [-0.15, -0.1) is 11.3 Å². The van der Waals surface area contributed by atoms with E-state index in [0.29, 0.717) is 0 Å². The largest absolute Gasteiger partial charge is 0.324 e. The first kappa shape index (κ1) is 11.0. The predicted molar refractivity (Wildman–Crippen MR) is 63.8 cm³/mol. The highest BCUT2D eigenvalue weighted by Crippen LogP contribution is 2.25. The first-order chi connectivity index (χ1) is 7.29. The summed E-state index contributed by atoms with van der Waals surface area (Å²) in [5.74, 6) is 0. The van der Waals surface area contributed by atoms with Crippen LogP contribution in [-0.4, -0.2) is 17.1 Å². The molecule has 2 rings (SSSR count). The summed E-state index contributed by atoms with van der Waals surface area (Å²) in [7, 11) is 0. The Morgan fingerprint density at radius 3 is 2.87 bits per heavy atom. The van der Waals surface area contributed by atoms with Crippen molar-refractivity contribution in [3.05, 3.63) is 16.6 Å². The summed E-state index contributed by atoms with van der Waals surface area (Å²) in [6.07, 6.45) is 6.25. The van der Waals surface area contributed by atoms with Gasteiger partial charge in [-0.25, -0.2) is 4.98 Å². The first-order valence-electron chi connectivity index (χ1n) is 5.65. The summed E-state index contributed by atoms with van der Waals surface area (Å²) in [6.45, 7) is 1.77. The van der Waals surface area contributed by atoms with Crippen molar-refractivity contribution in [2.75, 3.05) is 6.54 Å². The van der Waals surface area contributed by atoms with Crippen molar-refractivity contribution in [1.82, 2.24) is 10.3 Å². The van der Waals surface area contributed by atoms with Gasteiger partial charge >= 0.3 is 0 Å². The second kappa shape index (κ2) is 5.05. The summed E-state index contributed by atoms with van der Waals surface area (Å²) in [4.78, 5) is 4.24. The van der Waals surface area contributed by atoms with Gasteiger partial charge in [-0.2, -0.15) is 0 Å². The average molecular weight is 225 g/mol. The number of nitrogens with two attached hydrogens (primary N) is 1. The predicted octanol–water partition coefficient (Wildman–Crippen LogP) is 1.89. The Morgan fingerprint density at radius 1 is 1.40 bits per heavy atom. The molecule has 0 bridgehead atoms. The lowest BCUT2D eigenvalue weighted by molar-refractivity contribution is 0.283. The van der Waals surface area contributed by atoms with E-state index >= 15 is 0 Å². The molecular weight excluding hydrogens is 206 g/mol. The van der Waals surface area contributed by atoms with Crippen LogP contribution in [0, 0.1) is 0 Å². The molecule has 0 unspecified atom stereocenters. The maximum atomic E-state index is 6.32. The third-order valence-electron chi connectivity index (χ3n) is 3.12. The molecule has 0 radical (unpaired) electrons. The highest BCUT2D eigenvalue weighted by molar-refractivity contribution is 7.07. The molecule has 1 aromatic rings. The van der Waals surface area contributed by atoms with Gasteiger partial charge in [-0.05, 0) is 12.8 Å². The van der Waals surface area contributed by atoms with Crippen molar-refractivity contribution < 1.29 is 0 Å². The van der Waals surface area contributed by atoms with Gasteiger partial charge < -0.3 is 11.1 Å². The van der Waals surface area contributed by atoms with Crippen molar-refractivity contribution in [2.45, 2.75) is 44.2 Å². The van der Waals surface area contributed by atoms with Crippen LogP contribution >= 0.6 is 11.3 Å². The maximum Gasteiger partial charge on any atom is 0.0795 e. The maximum absolute atomic E-state index is 6.32. The highest BCUT2D eigenvalue weighted by atomic mass is 32.1. The summed E-state index contributed by atoms with van der Waals surface area (Å²) < 4.78 is 0. The fraction of sp³-hybridized carbons (Fsp3) is 0.727. The normalized spacial score (nSPS) is 20.3. The van der Waals surface area contributed by atoms with Gasteiger partial charge in [0.2, 0.25) is 0 Å². The molecule has 3 nitrogen and oxygen atoms in total. The average Bonchev–Trinajstić information content (AvgIpc) is 2.71. The SMILES string of the molecule is NC1(CNCc2cscn2)CCCCC1. The lowest BCUT2D eigenvalue weighted by Crippen LogP contribution is -2.49. The minimum absolute atomic E-state index is 0.0360. The molecule has 84 valence electrons. The van der Waals surface area contributed by atoms with Gasteiger partial charge in [0.25, 0.3) is 0 Å². The summed E-state index contributed by atoms with van der Waals surface area (Å²) >= 11 is 1.64. The molecule has 0 spiro atoms. The van der Waals surface area contributed by atoms with Crippen molar-refractivity contribution in [2.24, 2.45) is 5.73 Å². The molecule has 1 aromatic heterocycles. The number of aromatic nitrogens is 1.